The first-order valence-electron chi connectivity index (χ1n) is 6.20. The van der Waals surface area contributed by atoms with Crippen molar-refractivity contribution in [3.05, 3.63) is 29.8 Å². The van der Waals surface area contributed by atoms with E-state index in [1.165, 1.54) is 0 Å². The summed E-state index contributed by atoms with van der Waals surface area (Å²) in [6.07, 6.45) is 3.18. The maximum absolute atomic E-state index is 11.4. The Morgan fingerprint density at radius 2 is 1.94 bits per heavy atom. The van der Waals surface area contributed by atoms with Gasteiger partial charge in [0.1, 0.15) is 5.75 Å². The molecule has 0 unspecified atom stereocenters. The second-order valence-corrected chi connectivity index (χ2v) is 3.91. The van der Waals surface area contributed by atoms with Crippen molar-refractivity contribution in [2.24, 2.45) is 0 Å². The van der Waals surface area contributed by atoms with Crippen molar-refractivity contribution in [2.45, 2.75) is 39.5 Å². The van der Waals surface area contributed by atoms with Crippen molar-refractivity contribution < 1.29 is 14.3 Å². The van der Waals surface area contributed by atoms with E-state index in [0.29, 0.717) is 12.4 Å². The number of hydrogen-bond acceptors (Lipinski definition) is 3. The van der Waals surface area contributed by atoms with Crippen LogP contribution in [0.1, 0.15) is 38.7 Å². The zero-order chi connectivity index (χ0) is 12.5. The summed E-state index contributed by atoms with van der Waals surface area (Å²) in [6, 6.07) is 7.57. The Balaban J connectivity index is 2.52. The van der Waals surface area contributed by atoms with Gasteiger partial charge in [-0.15, -0.1) is 0 Å². The van der Waals surface area contributed by atoms with E-state index in [1.54, 1.807) is 6.07 Å². The Morgan fingerprint density at radius 3 is 2.65 bits per heavy atom. The van der Waals surface area contributed by atoms with Gasteiger partial charge in [-0.2, -0.15) is 0 Å². The largest absolute Gasteiger partial charge is 0.513 e. The second-order valence-electron chi connectivity index (χ2n) is 3.91. The fraction of sp³-hybridized carbons (Fsp3) is 0.500. The minimum Gasteiger partial charge on any atom is -0.434 e. The number of hydrogen-bond donors (Lipinski definition) is 0. The Bertz CT molecular complexity index is 347. The average molecular weight is 236 g/mol. The lowest BCUT2D eigenvalue weighted by Gasteiger charge is -2.09. The molecule has 0 saturated heterocycles. The van der Waals surface area contributed by atoms with Crippen LogP contribution in [0.25, 0.3) is 0 Å². The van der Waals surface area contributed by atoms with Crippen molar-refractivity contribution in [1.29, 1.82) is 0 Å². The van der Waals surface area contributed by atoms with Crippen LogP contribution in [0.5, 0.6) is 5.75 Å². The van der Waals surface area contributed by atoms with E-state index in [9.17, 15) is 4.79 Å². The molecular formula is C14H20O3. The highest BCUT2D eigenvalue weighted by atomic mass is 16.7. The van der Waals surface area contributed by atoms with Crippen molar-refractivity contribution in [3.8, 4) is 5.75 Å². The third kappa shape index (κ3) is 4.89. The van der Waals surface area contributed by atoms with Gasteiger partial charge < -0.3 is 9.47 Å². The molecule has 0 fully saturated rings. The average Bonchev–Trinajstić information content (AvgIpc) is 2.32. The molecule has 0 amide bonds. The highest BCUT2D eigenvalue weighted by molar-refractivity contribution is 5.64. The zero-order valence-electron chi connectivity index (χ0n) is 10.6. The standard InChI is InChI=1S/C14H20O3/c1-3-5-11-16-14(15)17-13-10-7-6-9-12(13)8-4-2/h6-7,9-10H,3-5,8,11H2,1-2H3. The Hall–Kier alpha value is -1.51. The second kappa shape index (κ2) is 7.71. The van der Waals surface area contributed by atoms with Gasteiger partial charge in [0.05, 0.1) is 6.61 Å². The van der Waals surface area contributed by atoms with E-state index in [1.807, 2.05) is 25.1 Å². The third-order valence-electron chi connectivity index (χ3n) is 2.40. The molecule has 0 saturated carbocycles. The molecule has 0 bridgehead atoms. The molecule has 0 spiro atoms. The molecule has 0 radical (unpaired) electrons. The highest BCUT2D eigenvalue weighted by Crippen LogP contribution is 2.19. The summed E-state index contributed by atoms with van der Waals surface area (Å²) in [6.45, 7) is 4.56. The van der Waals surface area contributed by atoms with Gasteiger partial charge in [-0.3, -0.25) is 0 Å². The Kier molecular flexibility index (Phi) is 6.15. The van der Waals surface area contributed by atoms with E-state index < -0.39 is 6.16 Å². The number of carbonyl (C=O) groups is 1. The van der Waals surface area contributed by atoms with Crippen LogP contribution < -0.4 is 4.74 Å². The lowest BCUT2D eigenvalue weighted by atomic mass is 10.1. The molecular weight excluding hydrogens is 216 g/mol. The van der Waals surface area contributed by atoms with E-state index in [2.05, 4.69) is 6.92 Å². The number of ether oxygens (including phenoxy) is 2. The van der Waals surface area contributed by atoms with Gasteiger partial charge in [0.15, 0.2) is 0 Å². The highest BCUT2D eigenvalue weighted by Gasteiger charge is 2.08. The summed E-state index contributed by atoms with van der Waals surface area (Å²) in [5, 5.41) is 0. The molecule has 0 atom stereocenters. The molecule has 0 N–H and O–H groups in total. The third-order valence-corrected chi connectivity index (χ3v) is 2.40. The monoisotopic (exact) mass is 236 g/mol. The normalized spacial score (nSPS) is 10.0. The fourth-order valence-electron chi connectivity index (χ4n) is 1.50. The maximum Gasteiger partial charge on any atom is 0.513 e. The molecule has 1 rings (SSSR count). The molecule has 0 aliphatic rings. The SMILES string of the molecule is CCCCOC(=O)Oc1ccccc1CCC. The van der Waals surface area contributed by atoms with Gasteiger partial charge >= 0.3 is 6.16 Å². The Labute approximate surface area is 103 Å². The maximum atomic E-state index is 11.4. The lowest BCUT2D eigenvalue weighted by molar-refractivity contribution is 0.0975. The molecule has 0 heterocycles. The van der Waals surface area contributed by atoms with Crippen molar-refractivity contribution >= 4 is 6.16 Å². The van der Waals surface area contributed by atoms with Crippen LogP contribution in [-0.4, -0.2) is 12.8 Å². The molecule has 3 nitrogen and oxygen atoms in total. The van der Waals surface area contributed by atoms with Crippen molar-refractivity contribution in [2.75, 3.05) is 6.61 Å². The van der Waals surface area contributed by atoms with Gasteiger partial charge in [0, 0.05) is 0 Å². The van der Waals surface area contributed by atoms with Gasteiger partial charge in [0.25, 0.3) is 0 Å². The summed E-state index contributed by atoms with van der Waals surface area (Å²) in [4.78, 5) is 11.4. The van der Waals surface area contributed by atoms with Gasteiger partial charge in [-0.1, -0.05) is 44.9 Å². The van der Waals surface area contributed by atoms with E-state index in [4.69, 9.17) is 9.47 Å². The minimum atomic E-state index is -0.609. The number of aryl methyl sites for hydroxylation is 1. The van der Waals surface area contributed by atoms with Crippen molar-refractivity contribution in [1.82, 2.24) is 0 Å². The van der Waals surface area contributed by atoms with E-state index in [0.717, 1.165) is 31.2 Å². The summed E-state index contributed by atoms with van der Waals surface area (Å²) < 4.78 is 10.1. The summed E-state index contributed by atoms with van der Waals surface area (Å²) in [7, 11) is 0. The first-order chi connectivity index (χ1) is 8.27. The predicted molar refractivity (Wildman–Crippen MR) is 67.3 cm³/mol. The van der Waals surface area contributed by atoms with Crippen LogP contribution in [0, 0.1) is 0 Å². The molecule has 0 aromatic heterocycles. The quantitative estimate of drug-likeness (QED) is 0.426. The molecule has 94 valence electrons. The molecule has 1 aromatic carbocycles. The number of rotatable bonds is 6. The molecule has 17 heavy (non-hydrogen) atoms. The van der Waals surface area contributed by atoms with Gasteiger partial charge in [-0.25, -0.2) is 4.79 Å². The molecule has 0 aliphatic heterocycles. The van der Waals surface area contributed by atoms with Crippen LogP contribution in [0.2, 0.25) is 0 Å². The van der Waals surface area contributed by atoms with Crippen LogP contribution in [-0.2, 0) is 11.2 Å². The van der Waals surface area contributed by atoms with E-state index >= 15 is 0 Å². The first-order valence-corrected chi connectivity index (χ1v) is 6.20. The predicted octanol–water partition coefficient (Wildman–Crippen LogP) is 3.95. The first kappa shape index (κ1) is 13.6. The van der Waals surface area contributed by atoms with Crippen LogP contribution in [0.15, 0.2) is 24.3 Å². The van der Waals surface area contributed by atoms with Crippen molar-refractivity contribution in [3.63, 3.8) is 0 Å². The zero-order valence-corrected chi connectivity index (χ0v) is 10.6. The van der Waals surface area contributed by atoms with Gasteiger partial charge in [-0.05, 0) is 24.5 Å². The smallest absolute Gasteiger partial charge is 0.434 e. The van der Waals surface area contributed by atoms with E-state index in [-0.39, 0.29) is 0 Å². The summed E-state index contributed by atoms with van der Waals surface area (Å²) in [5.74, 6) is 0.607. The number of carbonyl (C=O) groups excluding carboxylic acids is 1. The number of para-hydroxylation sites is 1. The molecule has 1 aromatic rings. The molecule has 3 heteroatoms. The summed E-state index contributed by atoms with van der Waals surface area (Å²) >= 11 is 0. The lowest BCUT2D eigenvalue weighted by Crippen LogP contribution is -2.12. The minimum absolute atomic E-state index is 0.422. The fourth-order valence-corrected chi connectivity index (χ4v) is 1.50. The number of benzene rings is 1. The molecule has 0 aliphatic carbocycles. The Morgan fingerprint density at radius 1 is 1.18 bits per heavy atom. The topological polar surface area (TPSA) is 35.5 Å². The van der Waals surface area contributed by atoms with Crippen LogP contribution in [0.4, 0.5) is 4.79 Å². The number of unbranched alkanes of at least 4 members (excludes halogenated alkanes) is 1. The van der Waals surface area contributed by atoms with Gasteiger partial charge in [0.2, 0.25) is 0 Å². The van der Waals surface area contributed by atoms with Crippen LogP contribution in [0.3, 0.4) is 0 Å². The summed E-state index contributed by atoms with van der Waals surface area (Å²) in [5.41, 5.74) is 1.04. The van der Waals surface area contributed by atoms with Crippen LogP contribution >= 0.6 is 0 Å².